The van der Waals surface area contributed by atoms with Crippen molar-refractivity contribution in [2.45, 2.75) is 6.42 Å². The Morgan fingerprint density at radius 2 is 2.04 bits per heavy atom. The third kappa shape index (κ3) is 3.23. The lowest BCUT2D eigenvalue weighted by molar-refractivity contribution is 0.0981. The van der Waals surface area contributed by atoms with Crippen molar-refractivity contribution < 1.29 is 14.0 Å². The summed E-state index contributed by atoms with van der Waals surface area (Å²) in [6.07, 6.45) is 0.251. The summed E-state index contributed by atoms with van der Waals surface area (Å²) in [5, 5.41) is 2.59. The molecule has 3 rings (SSSR count). The Morgan fingerprint density at radius 3 is 2.78 bits per heavy atom. The standard InChI is InChI=1S/C16H11BrClFN2O2/c17-9-1-4-14-11(7-9)15(22)5-6-21(14)16(23)20-10-2-3-13(19)12(18)8-10/h1-4,7-8H,5-6H2,(H,20,23). The highest BCUT2D eigenvalue weighted by Gasteiger charge is 2.27. The molecular weight excluding hydrogens is 387 g/mol. The largest absolute Gasteiger partial charge is 0.326 e. The molecule has 0 bridgehead atoms. The van der Waals surface area contributed by atoms with Gasteiger partial charge in [-0.3, -0.25) is 9.69 Å². The van der Waals surface area contributed by atoms with E-state index in [2.05, 4.69) is 21.2 Å². The SMILES string of the molecule is O=C1CCN(C(=O)Nc2ccc(F)c(Cl)c2)c2ccc(Br)cc21. The molecule has 0 atom stereocenters. The van der Waals surface area contributed by atoms with Crippen LogP contribution in [-0.4, -0.2) is 18.4 Å². The van der Waals surface area contributed by atoms with Gasteiger partial charge in [0.25, 0.3) is 0 Å². The Hall–Kier alpha value is -1.92. The third-order valence-corrected chi connectivity index (χ3v) is 4.31. The highest BCUT2D eigenvalue weighted by Crippen LogP contribution is 2.30. The molecule has 4 nitrogen and oxygen atoms in total. The zero-order valence-corrected chi connectivity index (χ0v) is 14.1. The monoisotopic (exact) mass is 396 g/mol. The number of anilines is 2. The molecule has 118 valence electrons. The fourth-order valence-corrected chi connectivity index (χ4v) is 2.95. The predicted molar refractivity (Wildman–Crippen MR) is 90.9 cm³/mol. The van der Waals surface area contributed by atoms with Crippen molar-refractivity contribution in [2.75, 3.05) is 16.8 Å². The topological polar surface area (TPSA) is 49.4 Å². The number of halogens is 3. The van der Waals surface area contributed by atoms with E-state index in [-0.39, 0.29) is 23.8 Å². The van der Waals surface area contributed by atoms with Crippen LogP contribution in [-0.2, 0) is 0 Å². The number of hydrogen-bond acceptors (Lipinski definition) is 2. The first-order chi connectivity index (χ1) is 11.0. The smallest absolute Gasteiger partial charge is 0.307 e. The maximum absolute atomic E-state index is 13.2. The molecule has 0 fully saturated rings. The van der Waals surface area contributed by atoms with Crippen LogP contribution in [0.5, 0.6) is 0 Å². The van der Waals surface area contributed by atoms with Gasteiger partial charge < -0.3 is 5.32 Å². The van der Waals surface area contributed by atoms with E-state index in [0.29, 0.717) is 16.9 Å². The molecule has 2 aromatic carbocycles. The molecule has 0 radical (unpaired) electrons. The number of nitrogens with zero attached hydrogens (tertiary/aromatic N) is 1. The Morgan fingerprint density at radius 1 is 1.26 bits per heavy atom. The van der Waals surface area contributed by atoms with E-state index in [0.717, 1.165) is 4.47 Å². The Balaban J connectivity index is 1.87. The van der Waals surface area contributed by atoms with Crippen molar-refractivity contribution in [3.8, 4) is 0 Å². The number of ketones is 1. The van der Waals surface area contributed by atoms with Gasteiger partial charge >= 0.3 is 6.03 Å². The lowest BCUT2D eigenvalue weighted by atomic mass is 10.0. The average Bonchev–Trinajstić information content (AvgIpc) is 2.51. The minimum Gasteiger partial charge on any atom is -0.307 e. The van der Waals surface area contributed by atoms with Crippen molar-refractivity contribution in [1.29, 1.82) is 0 Å². The molecule has 1 aliphatic rings. The molecule has 0 aliphatic carbocycles. The minimum absolute atomic E-state index is 0.00447. The predicted octanol–water partition coefficient (Wildman–Crippen LogP) is 4.87. The summed E-state index contributed by atoms with van der Waals surface area (Å²) in [5.74, 6) is -0.557. The molecule has 2 aromatic rings. The maximum atomic E-state index is 13.2. The first-order valence-electron chi connectivity index (χ1n) is 6.82. The lowest BCUT2D eigenvalue weighted by Crippen LogP contribution is -2.40. The van der Waals surface area contributed by atoms with Gasteiger partial charge in [0.15, 0.2) is 5.78 Å². The summed E-state index contributed by atoms with van der Waals surface area (Å²) >= 11 is 9.03. The number of hydrogen-bond donors (Lipinski definition) is 1. The number of carbonyl (C=O) groups is 2. The van der Waals surface area contributed by atoms with Gasteiger partial charge in [-0.1, -0.05) is 27.5 Å². The van der Waals surface area contributed by atoms with Crippen molar-refractivity contribution in [3.05, 3.63) is 57.3 Å². The summed E-state index contributed by atoms with van der Waals surface area (Å²) in [4.78, 5) is 26.0. The molecule has 7 heteroatoms. The highest BCUT2D eigenvalue weighted by molar-refractivity contribution is 9.10. The van der Waals surface area contributed by atoms with E-state index in [9.17, 15) is 14.0 Å². The molecule has 1 N–H and O–H groups in total. The van der Waals surface area contributed by atoms with Crippen LogP contribution in [0.3, 0.4) is 0 Å². The van der Waals surface area contributed by atoms with Crippen LogP contribution in [0, 0.1) is 5.82 Å². The fourth-order valence-electron chi connectivity index (χ4n) is 2.41. The Bertz CT molecular complexity index is 813. The summed E-state index contributed by atoms with van der Waals surface area (Å²) < 4.78 is 13.9. The van der Waals surface area contributed by atoms with Crippen LogP contribution in [0.1, 0.15) is 16.8 Å². The van der Waals surface area contributed by atoms with Gasteiger partial charge in [-0.05, 0) is 36.4 Å². The number of benzene rings is 2. The van der Waals surface area contributed by atoms with Gasteiger partial charge in [0.2, 0.25) is 0 Å². The Labute approximate surface area is 145 Å². The van der Waals surface area contributed by atoms with E-state index in [1.54, 1.807) is 18.2 Å². The minimum atomic E-state index is -0.552. The van der Waals surface area contributed by atoms with Gasteiger partial charge in [-0.15, -0.1) is 0 Å². The van der Waals surface area contributed by atoms with E-state index in [1.807, 2.05) is 0 Å². The summed E-state index contributed by atoms with van der Waals surface area (Å²) in [6, 6.07) is 8.74. The maximum Gasteiger partial charge on any atom is 0.326 e. The highest BCUT2D eigenvalue weighted by atomic mass is 79.9. The number of fused-ring (bicyclic) bond motifs is 1. The van der Waals surface area contributed by atoms with E-state index < -0.39 is 11.8 Å². The second-order valence-corrected chi connectivity index (χ2v) is 6.37. The number of amides is 2. The van der Waals surface area contributed by atoms with Crippen LogP contribution >= 0.6 is 27.5 Å². The van der Waals surface area contributed by atoms with Crippen LogP contribution in [0.4, 0.5) is 20.6 Å². The average molecular weight is 398 g/mol. The van der Waals surface area contributed by atoms with Crippen LogP contribution in [0.15, 0.2) is 40.9 Å². The van der Waals surface area contributed by atoms with Gasteiger partial charge in [0.05, 0.1) is 10.7 Å². The quantitative estimate of drug-likeness (QED) is 0.746. The van der Waals surface area contributed by atoms with E-state index >= 15 is 0 Å². The second-order valence-electron chi connectivity index (χ2n) is 5.05. The number of rotatable bonds is 1. The van der Waals surface area contributed by atoms with Gasteiger partial charge in [-0.25, -0.2) is 9.18 Å². The van der Waals surface area contributed by atoms with Crippen molar-refractivity contribution in [1.82, 2.24) is 0 Å². The van der Waals surface area contributed by atoms with Gasteiger partial charge in [0, 0.05) is 28.7 Å². The van der Waals surface area contributed by atoms with Gasteiger partial charge in [-0.2, -0.15) is 0 Å². The molecule has 0 saturated carbocycles. The van der Waals surface area contributed by atoms with Crippen LogP contribution in [0.25, 0.3) is 0 Å². The molecule has 2 amide bonds. The molecule has 1 aliphatic heterocycles. The number of Topliss-reactive ketones (excluding diaryl/α,β-unsaturated/α-hetero) is 1. The zero-order chi connectivity index (χ0) is 16.6. The second kappa shape index (κ2) is 6.29. The summed E-state index contributed by atoms with van der Waals surface area (Å²) in [7, 11) is 0. The van der Waals surface area contributed by atoms with E-state index in [4.69, 9.17) is 11.6 Å². The van der Waals surface area contributed by atoms with Crippen molar-refractivity contribution >= 4 is 50.7 Å². The van der Waals surface area contributed by atoms with Crippen molar-refractivity contribution in [3.63, 3.8) is 0 Å². The first kappa shape index (κ1) is 16.0. The number of nitrogens with one attached hydrogen (secondary N) is 1. The first-order valence-corrected chi connectivity index (χ1v) is 7.99. The molecule has 0 saturated heterocycles. The third-order valence-electron chi connectivity index (χ3n) is 3.53. The fraction of sp³-hybridized carbons (Fsp3) is 0.125. The lowest BCUT2D eigenvalue weighted by Gasteiger charge is -2.29. The number of carbonyl (C=O) groups excluding carboxylic acids is 2. The molecule has 0 aromatic heterocycles. The number of urea groups is 1. The summed E-state index contributed by atoms with van der Waals surface area (Å²) in [6.45, 7) is 0.286. The normalized spacial score (nSPS) is 13.7. The molecule has 0 unspecified atom stereocenters. The molecule has 1 heterocycles. The molecular formula is C16H11BrClFN2O2. The molecule has 23 heavy (non-hydrogen) atoms. The van der Waals surface area contributed by atoms with Crippen LogP contribution in [0.2, 0.25) is 5.02 Å². The Kier molecular flexibility index (Phi) is 4.37. The molecule has 0 spiro atoms. The van der Waals surface area contributed by atoms with Crippen molar-refractivity contribution in [2.24, 2.45) is 0 Å². The van der Waals surface area contributed by atoms with Gasteiger partial charge in [0.1, 0.15) is 5.82 Å². The van der Waals surface area contributed by atoms with Crippen LogP contribution < -0.4 is 10.2 Å². The van der Waals surface area contributed by atoms with E-state index in [1.165, 1.54) is 23.1 Å². The zero-order valence-electron chi connectivity index (χ0n) is 11.8. The summed E-state index contributed by atoms with van der Waals surface area (Å²) in [5.41, 5.74) is 1.44.